The van der Waals surface area contributed by atoms with Gasteiger partial charge in [0, 0.05) is 65.8 Å². The van der Waals surface area contributed by atoms with Gasteiger partial charge in [0.1, 0.15) is 0 Å². The van der Waals surface area contributed by atoms with Crippen molar-refractivity contribution in [1.82, 2.24) is 20.0 Å². The number of nitrogens with zero attached hydrogens (tertiary/aromatic N) is 4. The number of nitrogens with one attached hydrogen (secondary N) is 1. The van der Waals surface area contributed by atoms with Gasteiger partial charge in [-0.05, 0) is 18.4 Å². The number of hydrogen-bond acceptors (Lipinski definition) is 3. The highest BCUT2D eigenvalue weighted by molar-refractivity contribution is 14.0. The van der Waals surface area contributed by atoms with Gasteiger partial charge in [-0.15, -0.1) is 24.0 Å². The second kappa shape index (κ2) is 12.4. The number of hydrogen-bond donors (Lipinski definition) is 1. The Labute approximate surface area is 192 Å². The molecule has 0 atom stereocenters. The van der Waals surface area contributed by atoms with E-state index in [0.29, 0.717) is 11.8 Å². The summed E-state index contributed by atoms with van der Waals surface area (Å²) in [7, 11) is 3.90. The molecular weight excluding hydrogens is 477 g/mol. The Morgan fingerprint density at radius 1 is 1.14 bits per heavy atom. The van der Waals surface area contributed by atoms with Crippen LogP contribution in [0.1, 0.15) is 31.2 Å². The lowest BCUT2D eigenvalue weighted by molar-refractivity contribution is -0.137. The first-order chi connectivity index (χ1) is 13.7. The van der Waals surface area contributed by atoms with Gasteiger partial charge in [0.15, 0.2) is 5.96 Å². The SMILES string of the molecule is CN=C(NCCN1CCN(C(=O)C2CCCC2)CC1)N(C)Cc1ccccc1.I. The van der Waals surface area contributed by atoms with Crippen LogP contribution in [0.3, 0.4) is 0 Å². The molecule has 2 fully saturated rings. The lowest BCUT2D eigenvalue weighted by atomic mass is 10.1. The number of rotatable bonds is 6. The minimum atomic E-state index is 0. The van der Waals surface area contributed by atoms with Gasteiger partial charge in [-0.2, -0.15) is 0 Å². The van der Waals surface area contributed by atoms with E-state index in [1.807, 2.05) is 13.1 Å². The molecule has 0 aromatic heterocycles. The molecular formula is C22H36IN5O. The topological polar surface area (TPSA) is 51.2 Å². The number of halogens is 1. The molecule has 0 radical (unpaired) electrons. The Balaban J connectivity index is 0.00000300. The van der Waals surface area contributed by atoms with Crippen molar-refractivity contribution < 1.29 is 4.79 Å². The van der Waals surface area contributed by atoms with Gasteiger partial charge in [-0.25, -0.2) is 0 Å². The Hall–Kier alpha value is -1.35. The highest BCUT2D eigenvalue weighted by Crippen LogP contribution is 2.26. The highest BCUT2D eigenvalue weighted by Gasteiger charge is 2.29. The van der Waals surface area contributed by atoms with Gasteiger partial charge < -0.3 is 15.1 Å². The lowest BCUT2D eigenvalue weighted by Gasteiger charge is -2.36. The van der Waals surface area contributed by atoms with Gasteiger partial charge in [0.2, 0.25) is 5.91 Å². The molecule has 3 rings (SSSR count). The number of benzene rings is 1. The van der Waals surface area contributed by atoms with Crippen LogP contribution < -0.4 is 5.32 Å². The zero-order valence-electron chi connectivity index (χ0n) is 17.8. The summed E-state index contributed by atoms with van der Waals surface area (Å²) >= 11 is 0. The summed E-state index contributed by atoms with van der Waals surface area (Å²) in [6.07, 6.45) is 4.64. The lowest BCUT2D eigenvalue weighted by Crippen LogP contribution is -2.51. The van der Waals surface area contributed by atoms with Crippen molar-refractivity contribution in [2.45, 2.75) is 32.2 Å². The predicted octanol–water partition coefficient (Wildman–Crippen LogP) is 2.65. The maximum atomic E-state index is 12.5. The summed E-state index contributed by atoms with van der Waals surface area (Å²) in [6, 6.07) is 10.4. The van der Waals surface area contributed by atoms with E-state index in [1.54, 1.807) is 0 Å². The summed E-state index contributed by atoms with van der Waals surface area (Å²) in [4.78, 5) is 23.6. The van der Waals surface area contributed by atoms with E-state index in [4.69, 9.17) is 0 Å². The van der Waals surface area contributed by atoms with Crippen LogP contribution in [0.15, 0.2) is 35.3 Å². The average molecular weight is 513 g/mol. The van der Waals surface area contributed by atoms with Crippen LogP contribution in [0.4, 0.5) is 0 Å². The number of carbonyl (C=O) groups excluding carboxylic acids is 1. The third kappa shape index (κ3) is 7.13. The predicted molar refractivity (Wildman–Crippen MR) is 130 cm³/mol. The van der Waals surface area contributed by atoms with Crippen molar-refractivity contribution in [3.05, 3.63) is 35.9 Å². The third-order valence-electron chi connectivity index (χ3n) is 5.94. The third-order valence-corrected chi connectivity index (χ3v) is 5.94. The standard InChI is InChI=1S/C22H35N5O.HI/c1-23-22(25(2)18-19-8-4-3-5-9-19)24-12-13-26-14-16-27(17-15-26)21(28)20-10-6-7-11-20;/h3-5,8-9,20H,6-7,10-18H2,1-2H3,(H,23,24);1H. The Kier molecular flexibility index (Phi) is 10.2. The number of carbonyl (C=O) groups is 1. The molecule has 1 aromatic carbocycles. The molecule has 162 valence electrons. The van der Waals surface area contributed by atoms with E-state index in [9.17, 15) is 4.79 Å². The van der Waals surface area contributed by atoms with E-state index in [1.165, 1.54) is 18.4 Å². The average Bonchev–Trinajstić information content (AvgIpc) is 3.27. The molecule has 1 N–H and O–H groups in total. The van der Waals surface area contributed by atoms with Crippen molar-refractivity contribution in [2.24, 2.45) is 10.9 Å². The molecule has 1 saturated carbocycles. The molecule has 1 amide bonds. The zero-order valence-corrected chi connectivity index (χ0v) is 20.2. The quantitative estimate of drug-likeness (QED) is 0.361. The van der Waals surface area contributed by atoms with Gasteiger partial charge >= 0.3 is 0 Å². The van der Waals surface area contributed by atoms with Gasteiger partial charge in [0.25, 0.3) is 0 Å². The summed E-state index contributed by atoms with van der Waals surface area (Å²) in [5, 5.41) is 3.47. The van der Waals surface area contributed by atoms with Crippen LogP contribution in [0.25, 0.3) is 0 Å². The molecule has 7 heteroatoms. The molecule has 1 heterocycles. The minimum absolute atomic E-state index is 0. The molecule has 0 bridgehead atoms. The zero-order chi connectivity index (χ0) is 19.8. The van der Waals surface area contributed by atoms with Crippen LogP contribution in [0.2, 0.25) is 0 Å². The van der Waals surface area contributed by atoms with Crippen molar-refractivity contribution >= 4 is 35.8 Å². The second-order valence-electron chi connectivity index (χ2n) is 7.96. The smallest absolute Gasteiger partial charge is 0.225 e. The van der Waals surface area contributed by atoms with Crippen LogP contribution in [-0.2, 0) is 11.3 Å². The summed E-state index contributed by atoms with van der Waals surface area (Å²) in [5.74, 6) is 1.62. The van der Waals surface area contributed by atoms with Gasteiger partial charge in [0.05, 0.1) is 0 Å². The van der Waals surface area contributed by atoms with E-state index < -0.39 is 0 Å². The fourth-order valence-electron chi connectivity index (χ4n) is 4.27. The molecule has 1 aromatic rings. The number of amides is 1. The van der Waals surface area contributed by atoms with Crippen molar-refractivity contribution in [1.29, 1.82) is 0 Å². The monoisotopic (exact) mass is 513 g/mol. The second-order valence-corrected chi connectivity index (χ2v) is 7.96. The normalized spacial score (nSPS) is 18.4. The fourth-order valence-corrected chi connectivity index (χ4v) is 4.27. The van der Waals surface area contributed by atoms with Crippen molar-refractivity contribution in [3.8, 4) is 0 Å². The minimum Gasteiger partial charge on any atom is -0.355 e. The van der Waals surface area contributed by atoms with Crippen LogP contribution in [-0.4, -0.2) is 79.9 Å². The van der Waals surface area contributed by atoms with Crippen molar-refractivity contribution in [3.63, 3.8) is 0 Å². The molecule has 2 aliphatic rings. The summed E-state index contributed by atoms with van der Waals surface area (Å²) in [5.41, 5.74) is 1.27. The number of guanidine groups is 1. The Morgan fingerprint density at radius 3 is 2.41 bits per heavy atom. The first-order valence-corrected chi connectivity index (χ1v) is 10.6. The molecule has 29 heavy (non-hydrogen) atoms. The molecule has 1 aliphatic carbocycles. The Bertz CT molecular complexity index is 640. The summed E-state index contributed by atoms with van der Waals surface area (Å²) in [6.45, 7) is 6.36. The largest absolute Gasteiger partial charge is 0.355 e. The van der Waals surface area contributed by atoms with Crippen LogP contribution in [0, 0.1) is 5.92 Å². The number of piperazine rings is 1. The number of aliphatic imine (C=N–C) groups is 1. The first-order valence-electron chi connectivity index (χ1n) is 10.6. The maximum Gasteiger partial charge on any atom is 0.225 e. The fraction of sp³-hybridized carbons (Fsp3) is 0.636. The van der Waals surface area contributed by atoms with Gasteiger partial charge in [-0.1, -0.05) is 43.2 Å². The van der Waals surface area contributed by atoms with Crippen LogP contribution in [0.5, 0.6) is 0 Å². The molecule has 1 saturated heterocycles. The van der Waals surface area contributed by atoms with Gasteiger partial charge in [-0.3, -0.25) is 14.7 Å². The van der Waals surface area contributed by atoms with E-state index >= 15 is 0 Å². The molecule has 0 spiro atoms. The summed E-state index contributed by atoms with van der Waals surface area (Å²) < 4.78 is 0. The molecule has 1 aliphatic heterocycles. The van der Waals surface area contributed by atoms with E-state index in [-0.39, 0.29) is 24.0 Å². The molecule has 6 nitrogen and oxygen atoms in total. The van der Waals surface area contributed by atoms with Crippen molar-refractivity contribution in [2.75, 3.05) is 53.4 Å². The van der Waals surface area contributed by atoms with E-state index in [2.05, 4.69) is 56.3 Å². The maximum absolute atomic E-state index is 12.5. The molecule has 0 unspecified atom stereocenters. The Morgan fingerprint density at radius 2 is 1.79 bits per heavy atom. The van der Waals surface area contributed by atoms with Crippen LogP contribution >= 0.6 is 24.0 Å². The first kappa shape index (κ1) is 23.9. The highest BCUT2D eigenvalue weighted by atomic mass is 127. The van der Waals surface area contributed by atoms with E-state index in [0.717, 1.165) is 64.6 Å².